The molecule has 3 heterocycles. The van der Waals surface area contributed by atoms with Gasteiger partial charge in [-0.25, -0.2) is 4.98 Å². The molecular formula is C29H26N6O. The van der Waals surface area contributed by atoms with Gasteiger partial charge in [0, 0.05) is 41.2 Å². The summed E-state index contributed by atoms with van der Waals surface area (Å²) < 4.78 is 8.47. The number of benzene rings is 3. The average Bonchev–Trinajstić information content (AvgIpc) is 3.46. The topological polar surface area (TPSA) is 93.8 Å². The van der Waals surface area contributed by atoms with Crippen molar-refractivity contribution in [3.05, 3.63) is 90.1 Å². The van der Waals surface area contributed by atoms with Crippen LogP contribution in [0.25, 0.3) is 33.2 Å². The summed E-state index contributed by atoms with van der Waals surface area (Å²) >= 11 is 0. The fourth-order valence-corrected chi connectivity index (χ4v) is 4.57. The molecule has 3 aromatic heterocycles. The van der Waals surface area contributed by atoms with E-state index in [0.29, 0.717) is 17.5 Å². The zero-order chi connectivity index (χ0) is 24.8. The molecule has 3 aromatic carbocycles. The standard InChI is InChI=1S/C29H26N6O/c1-17-14-20(25-16-19-6-4-5-7-23(19)32-25)15-18(2)27(17)36-28-26-24(12-13-35(26)3)33-29(34-28)31-22-10-8-21(30)9-11-22/h4-16,32H,30H2,1-3H3,(H,31,33,34). The molecule has 0 unspecified atom stereocenters. The van der Waals surface area contributed by atoms with Gasteiger partial charge in [-0.1, -0.05) is 18.2 Å². The normalized spacial score (nSPS) is 11.3. The van der Waals surface area contributed by atoms with Crippen molar-refractivity contribution in [2.24, 2.45) is 7.05 Å². The molecule has 7 heteroatoms. The first-order valence-electron chi connectivity index (χ1n) is 11.8. The van der Waals surface area contributed by atoms with Crippen LogP contribution in [0.15, 0.2) is 79.0 Å². The van der Waals surface area contributed by atoms with Crippen LogP contribution in [0.5, 0.6) is 11.6 Å². The number of nitrogens with zero attached hydrogens (tertiary/aromatic N) is 3. The van der Waals surface area contributed by atoms with Gasteiger partial charge in [-0.3, -0.25) is 0 Å². The van der Waals surface area contributed by atoms with E-state index in [0.717, 1.165) is 50.4 Å². The van der Waals surface area contributed by atoms with Crippen LogP contribution in [-0.4, -0.2) is 19.5 Å². The number of nitrogens with two attached hydrogens (primary N) is 1. The summed E-state index contributed by atoms with van der Waals surface area (Å²) in [7, 11) is 1.96. The number of aryl methyl sites for hydroxylation is 3. The average molecular weight is 475 g/mol. The Morgan fingerprint density at radius 1 is 0.917 bits per heavy atom. The van der Waals surface area contributed by atoms with Crippen molar-refractivity contribution < 1.29 is 4.74 Å². The van der Waals surface area contributed by atoms with Gasteiger partial charge in [0.2, 0.25) is 11.8 Å². The van der Waals surface area contributed by atoms with Gasteiger partial charge in [0.05, 0.1) is 5.52 Å². The third-order valence-electron chi connectivity index (χ3n) is 6.35. The van der Waals surface area contributed by atoms with Crippen LogP contribution in [-0.2, 0) is 7.05 Å². The van der Waals surface area contributed by atoms with Crippen molar-refractivity contribution >= 4 is 39.3 Å². The van der Waals surface area contributed by atoms with Crippen LogP contribution < -0.4 is 15.8 Å². The maximum atomic E-state index is 6.50. The van der Waals surface area contributed by atoms with Gasteiger partial charge in [-0.15, -0.1) is 0 Å². The molecule has 6 aromatic rings. The summed E-state index contributed by atoms with van der Waals surface area (Å²) in [5, 5.41) is 4.45. The number of nitrogen functional groups attached to an aromatic ring is 1. The SMILES string of the molecule is Cc1cc(-c2cc3ccccc3[nH]2)cc(C)c1Oc1nc(Nc2ccc(N)cc2)nc2ccn(C)c12. The zero-order valence-electron chi connectivity index (χ0n) is 20.3. The van der Waals surface area contributed by atoms with E-state index in [2.05, 4.69) is 65.5 Å². The highest BCUT2D eigenvalue weighted by atomic mass is 16.5. The highest BCUT2D eigenvalue weighted by Crippen LogP contribution is 2.36. The molecule has 0 atom stereocenters. The van der Waals surface area contributed by atoms with Gasteiger partial charge in [0.25, 0.3) is 0 Å². The van der Waals surface area contributed by atoms with Crippen LogP contribution in [0.4, 0.5) is 17.3 Å². The van der Waals surface area contributed by atoms with Gasteiger partial charge >= 0.3 is 0 Å². The molecule has 0 radical (unpaired) electrons. The van der Waals surface area contributed by atoms with Gasteiger partial charge in [0.1, 0.15) is 11.3 Å². The minimum atomic E-state index is 0.457. The molecule has 0 saturated heterocycles. The Balaban J connectivity index is 1.38. The van der Waals surface area contributed by atoms with Crippen molar-refractivity contribution in [3.8, 4) is 22.9 Å². The number of aromatic amines is 1. The predicted molar refractivity (Wildman–Crippen MR) is 146 cm³/mol. The van der Waals surface area contributed by atoms with E-state index in [1.54, 1.807) is 0 Å². The molecule has 0 aliphatic heterocycles. The van der Waals surface area contributed by atoms with Gasteiger partial charge in [-0.05, 0) is 85.1 Å². The van der Waals surface area contributed by atoms with Crippen LogP contribution in [0, 0.1) is 13.8 Å². The fraction of sp³-hybridized carbons (Fsp3) is 0.103. The summed E-state index contributed by atoms with van der Waals surface area (Å²) in [6.07, 6.45) is 1.96. The molecule has 0 saturated carbocycles. The Labute approximate surface area is 208 Å². The van der Waals surface area contributed by atoms with E-state index >= 15 is 0 Å². The van der Waals surface area contributed by atoms with E-state index in [9.17, 15) is 0 Å². The maximum absolute atomic E-state index is 6.50. The lowest BCUT2D eigenvalue weighted by molar-refractivity contribution is 0.459. The van der Waals surface area contributed by atoms with E-state index < -0.39 is 0 Å². The number of hydrogen-bond acceptors (Lipinski definition) is 5. The number of hydrogen-bond donors (Lipinski definition) is 3. The largest absolute Gasteiger partial charge is 0.436 e. The minimum absolute atomic E-state index is 0.457. The third kappa shape index (κ3) is 3.90. The summed E-state index contributed by atoms with van der Waals surface area (Å²) in [5.41, 5.74) is 14.4. The lowest BCUT2D eigenvalue weighted by Crippen LogP contribution is -2.02. The Kier molecular flexibility index (Phi) is 5.11. The van der Waals surface area contributed by atoms with Crippen molar-refractivity contribution in [3.63, 3.8) is 0 Å². The van der Waals surface area contributed by atoms with Crippen LogP contribution in [0.2, 0.25) is 0 Å². The van der Waals surface area contributed by atoms with E-state index in [1.165, 1.54) is 5.39 Å². The first kappa shape index (κ1) is 21.7. The van der Waals surface area contributed by atoms with Gasteiger partial charge < -0.3 is 25.3 Å². The maximum Gasteiger partial charge on any atom is 0.249 e. The number of ether oxygens (including phenoxy) is 1. The number of aromatic nitrogens is 4. The lowest BCUT2D eigenvalue weighted by atomic mass is 10.0. The Morgan fingerprint density at radius 3 is 2.42 bits per heavy atom. The fourth-order valence-electron chi connectivity index (χ4n) is 4.57. The van der Waals surface area contributed by atoms with Crippen LogP contribution >= 0.6 is 0 Å². The second kappa shape index (κ2) is 8.46. The number of H-pyrrole nitrogens is 1. The molecule has 4 N–H and O–H groups in total. The molecule has 6 rings (SSSR count). The first-order chi connectivity index (χ1) is 17.4. The van der Waals surface area contributed by atoms with Crippen molar-refractivity contribution in [2.75, 3.05) is 11.1 Å². The molecule has 0 bridgehead atoms. The molecule has 178 valence electrons. The van der Waals surface area contributed by atoms with Crippen molar-refractivity contribution in [2.45, 2.75) is 13.8 Å². The second-order valence-electron chi connectivity index (χ2n) is 9.07. The number of rotatable bonds is 5. The number of fused-ring (bicyclic) bond motifs is 2. The predicted octanol–water partition coefficient (Wildman–Crippen LogP) is 6.85. The second-order valence-corrected chi connectivity index (χ2v) is 9.07. The minimum Gasteiger partial charge on any atom is -0.436 e. The van der Waals surface area contributed by atoms with Crippen molar-refractivity contribution in [1.82, 2.24) is 19.5 Å². The zero-order valence-corrected chi connectivity index (χ0v) is 20.3. The first-order valence-corrected chi connectivity index (χ1v) is 11.8. The monoisotopic (exact) mass is 474 g/mol. The van der Waals surface area contributed by atoms with E-state index in [-0.39, 0.29) is 0 Å². The van der Waals surface area contributed by atoms with Gasteiger partial charge in [-0.2, -0.15) is 4.98 Å². The quantitative estimate of drug-likeness (QED) is 0.238. The van der Waals surface area contributed by atoms with Crippen molar-refractivity contribution in [1.29, 1.82) is 0 Å². The van der Waals surface area contributed by atoms with E-state index in [4.69, 9.17) is 15.5 Å². The number of anilines is 3. The molecule has 0 amide bonds. The van der Waals surface area contributed by atoms with E-state index in [1.807, 2.05) is 54.2 Å². The number of nitrogens with one attached hydrogen (secondary N) is 2. The lowest BCUT2D eigenvalue weighted by Gasteiger charge is -2.15. The summed E-state index contributed by atoms with van der Waals surface area (Å²) in [6.45, 7) is 4.12. The summed E-state index contributed by atoms with van der Waals surface area (Å²) in [4.78, 5) is 12.9. The number of para-hydroxylation sites is 1. The molecule has 0 aliphatic rings. The Morgan fingerprint density at radius 2 is 1.67 bits per heavy atom. The smallest absolute Gasteiger partial charge is 0.249 e. The molecule has 0 spiro atoms. The van der Waals surface area contributed by atoms with Crippen LogP contribution in [0.1, 0.15) is 11.1 Å². The Bertz CT molecular complexity index is 1670. The van der Waals surface area contributed by atoms with Crippen LogP contribution in [0.3, 0.4) is 0 Å². The molecular weight excluding hydrogens is 448 g/mol. The highest BCUT2D eigenvalue weighted by Gasteiger charge is 2.17. The summed E-state index contributed by atoms with van der Waals surface area (Å²) in [5.74, 6) is 1.74. The molecule has 7 nitrogen and oxygen atoms in total. The molecule has 36 heavy (non-hydrogen) atoms. The third-order valence-corrected chi connectivity index (χ3v) is 6.35. The molecule has 0 aliphatic carbocycles. The molecule has 0 fully saturated rings. The highest BCUT2D eigenvalue weighted by molar-refractivity contribution is 5.86. The summed E-state index contributed by atoms with van der Waals surface area (Å²) in [6, 6.07) is 24.2. The Hall–Kier alpha value is -4.78. The van der Waals surface area contributed by atoms with Gasteiger partial charge in [0.15, 0.2) is 0 Å².